The number of unbranched alkanes of at least 4 members (excludes halogenated alkanes) is 3. The Balaban J connectivity index is 1.52. The van der Waals surface area contributed by atoms with Crippen molar-refractivity contribution >= 4 is 34.7 Å². The number of anilines is 1. The van der Waals surface area contributed by atoms with Crippen molar-refractivity contribution in [2.75, 3.05) is 63.9 Å². The molecule has 0 saturated heterocycles. The lowest BCUT2D eigenvalue weighted by Gasteiger charge is -2.48. The molecule has 326 valence electrons. The molecule has 3 aromatic rings. The number of hydrogen-bond acceptors (Lipinski definition) is 5. The molecule has 0 aromatic heterocycles. The molecule has 60 heavy (non-hydrogen) atoms. The first kappa shape index (κ1) is 45.6. The third kappa shape index (κ3) is 8.35. The molecule has 0 radical (unpaired) electrons. The molecular formula is C48H62ClF3N3O5+. The van der Waals surface area contributed by atoms with Crippen molar-refractivity contribution in [1.82, 2.24) is 9.89 Å². The molecule has 3 aliphatic rings. The normalized spacial score (nSPS) is 17.5. The molecule has 8 nitrogen and oxygen atoms in total. The summed E-state index contributed by atoms with van der Waals surface area (Å²) in [5.41, 5.74) is 2.74. The second-order valence-corrected chi connectivity index (χ2v) is 18.1. The van der Waals surface area contributed by atoms with Gasteiger partial charge in [-0.25, -0.2) is 22.5 Å². The standard InChI is InChI=1S/C48H61ClF3N3O5/c1-9-29-24-33-36(37-38(46(57)58)42(51)43(52)39(41(37)50)45(56)53-18-21-60-23-22-59-20-14-12-11-13-17-49)32-25-31-28(3)27-47(4,5)55(10-2)35(31)26-34(32)48(6,7)40(33)30-16-15-19-54(8)44(29)30/h24-26,28H,9-23,27H2,1-8H3,(H-,53,56,57,58)/p+1. The fraction of sp³-hybridized carbons (Fsp3) is 0.562. The fourth-order valence-electron chi connectivity index (χ4n) is 10.3. The molecule has 3 aromatic carbocycles. The molecule has 0 spiro atoms. The van der Waals surface area contributed by atoms with E-state index in [-0.39, 0.29) is 36.8 Å². The van der Waals surface area contributed by atoms with Crippen molar-refractivity contribution < 1.29 is 37.3 Å². The SMILES string of the molecule is CCc1cc2c(c3c1=[N+](C)CCC3)C(C)(C)c1cc3c(cc1C=2c1c(F)c(C(=O)NCCOCCOCCCCCCCl)c(F)c(F)c1C(=O)O)C(C)CC(C)(C)N3CC. The van der Waals surface area contributed by atoms with Gasteiger partial charge in [-0.2, -0.15) is 0 Å². The van der Waals surface area contributed by atoms with Gasteiger partial charge in [0.2, 0.25) is 5.36 Å². The second kappa shape index (κ2) is 18.6. The summed E-state index contributed by atoms with van der Waals surface area (Å²) in [6, 6.07) is 6.15. The van der Waals surface area contributed by atoms with Gasteiger partial charge in [0.05, 0.1) is 19.8 Å². The summed E-state index contributed by atoms with van der Waals surface area (Å²) in [6.45, 7) is 17.7. The summed E-state index contributed by atoms with van der Waals surface area (Å²) in [5.74, 6) is -7.40. The highest BCUT2D eigenvalue weighted by Crippen LogP contribution is 2.50. The third-order valence-corrected chi connectivity index (χ3v) is 13.2. The average molecular weight is 853 g/mol. The van der Waals surface area contributed by atoms with Crippen molar-refractivity contribution in [3.63, 3.8) is 0 Å². The number of carboxylic acids is 1. The zero-order valence-corrected chi connectivity index (χ0v) is 37.4. The minimum atomic E-state index is -1.86. The lowest BCUT2D eigenvalue weighted by Crippen LogP contribution is -2.49. The van der Waals surface area contributed by atoms with Crippen LogP contribution in [0.3, 0.4) is 0 Å². The van der Waals surface area contributed by atoms with Crippen LogP contribution >= 0.6 is 11.6 Å². The van der Waals surface area contributed by atoms with Crippen LogP contribution in [-0.4, -0.2) is 81.5 Å². The molecule has 1 atom stereocenters. The Morgan fingerprint density at radius 3 is 2.30 bits per heavy atom. The van der Waals surface area contributed by atoms with E-state index in [1.54, 1.807) is 0 Å². The number of carboxylic acid groups (broad SMARTS) is 1. The van der Waals surface area contributed by atoms with Crippen LogP contribution in [-0.2, 0) is 27.7 Å². The second-order valence-electron chi connectivity index (χ2n) is 17.7. The highest BCUT2D eigenvalue weighted by Gasteiger charge is 2.44. The predicted octanol–water partition coefficient (Wildman–Crippen LogP) is 7.99. The van der Waals surface area contributed by atoms with E-state index in [2.05, 4.69) is 69.4 Å². The maximum atomic E-state index is 17.6. The van der Waals surface area contributed by atoms with Crippen molar-refractivity contribution in [1.29, 1.82) is 0 Å². The molecule has 12 heteroatoms. The Kier molecular flexibility index (Phi) is 14.1. The number of ether oxygens (including phenoxy) is 2. The predicted molar refractivity (Wildman–Crippen MR) is 232 cm³/mol. The fourth-order valence-corrected chi connectivity index (χ4v) is 10.5. The van der Waals surface area contributed by atoms with Gasteiger partial charge in [-0.3, -0.25) is 4.79 Å². The quantitative estimate of drug-likeness (QED) is 0.0620. The number of halogens is 4. The number of benzene rings is 3. The Hall–Kier alpha value is -3.93. The van der Waals surface area contributed by atoms with Gasteiger partial charge >= 0.3 is 5.97 Å². The molecule has 6 rings (SSSR count). The molecular weight excluding hydrogens is 791 g/mol. The molecule has 2 aliphatic heterocycles. The lowest BCUT2D eigenvalue weighted by atomic mass is 9.64. The van der Waals surface area contributed by atoms with E-state index in [1.807, 2.05) is 19.1 Å². The lowest BCUT2D eigenvalue weighted by molar-refractivity contribution is 0.0468. The first-order chi connectivity index (χ1) is 28.5. The Morgan fingerprint density at radius 1 is 0.950 bits per heavy atom. The number of aryl methyl sites for hydroxylation is 1. The number of nitrogens with zero attached hydrogens (tertiary/aromatic N) is 2. The Bertz CT molecular complexity index is 2290. The van der Waals surface area contributed by atoms with Crippen LogP contribution in [0.4, 0.5) is 18.9 Å². The van der Waals surface area contributed by atoms with Gasteiger partial charge in [-0.05, 0) is 104 Å². The van der Waals surface area contributed by atoms with Crippen molar-refractivity contribution in [2.45, 2.75) is 117 Å². The zero-order chi connectivity index (χ0) is 43.7. The van der Waals surface area contributed by atoms with E-state index in [4.69, 9.17) is 21.1 Å². The monoisotopic (exact) mass is 852 g/mol. The van der Waals surface area contributed by atoms with Gasteiger partial charge in [0.1, 0.15) is 30.5 Å². The molecule has 1 amide bonds. The third-order valence-electron chi connectivity index (χ3n) is 12.9. The maximum Gasteiger partial charge on any atom is 0.339 e. The topological polar surface area (TPSA) is 91.1 Å². The average Bonchev–Trinajstić information content (AvgIpc) is 3.19. The molecule has 1 aliphatic carbocycles. The zero-order valence-electron chi connectivity index (χ0n) is 36.6. The Labute approximate surface area is 357 Å². The van der Waals surface area contributed by atoms with Crippen LogP contribution in [0, 0.1) is 17.5 Å². The van der Waals surface area contributed by atoms with Crippen molar-refractivity contribution in [2.24, 2.45) is 0 Å². The van der Waals surface area contributed by atoms with Gasteiger partial charge in [0.25, 0.3) is 5.91 Å². The van der Waals surface area contributed by atoms with E-state index in [0.717, 1.165) is 96.9 Å². The molecule has 2 heterocycles. The van der Waals surface area contributed by atoms with E-state index in [0.29, 0.717) is 36.3 Å². The maximum absolute atomic E-state index is 17.6. The number of nitrogens with one attached hydrogen (secondary N) is 1. The summed E-state index contributed by atoms with van der Waals surface area (Å²) in [5, 5.41) is 14.8. The summed E-state index contributed by atoms with van der Waals surface area (Å²) < 4.78 is 63.5. The highest BCUT2D eigenvalue weighted by atomic mass is 35.5. The molecule has 2 N–H and O–H groups in total. The Morgan fingerprint density at radius 2 is 1.63 bits per heavy atom. The van der Waals surface area contributed by atoms with Gasteiger partial charge in [0, 0.05) is 70.9 Å². The molecule has 1 unspecified atom stereocenters. The van der Waals surface area contributed by atoms with E-state index in [9.17, 15) is 14.7 Å². The van der Waals surface area contributed by atoms with Crippen LogP contribution in [0.1, 0.15) is 153 Å². The summed E-state index contributed by atoms with van der Waals surface area (Å²) in [7, 11) is 2.06. The van der Waals surface area contributed by atoms with Crippen molar-refractivity contribution in [3.8, 4) is 0 Å². The minimum Gasteiger partial charge on any atom is -0.478 e. The van der Waals surface area contributed by atoms with Gasteiger partial charge in [0.15, 0.2) is 11.6 Å². The number of hydrogen-bond donors (Lipinski definition) is 2. The van der Waals surface area contributed by atoms with Gasteiger partial charge < -0.3 is 24.8 Å². The summed E-state index contributed by atoms with van der Waals surface area (Å²) >= 11 is 5.72. The number of amides is 1. The minimum absolute atomic E-state index is 0.0120. The number of carbonyl (C=O) groups excluding carboxylic acids is 1. The van der Waals surface area contributed by atoms with Crippen molar-refractivity contribution in [3.05, 3.63) is 96.3 Å². The smallest absolute Gasteiger partial charge is 0.339 e. The number of fused-ring (bicyclic) bond motifs is 5. The number of alkyl halides is 1. The number of aromatic carboxylic acids is 1. The summed E-state index contributed by atoms with van der Waals surface area (Å²) in [4.78, 5) is 29.2. The van der Waals surface area contributed by atoms with Crippen LogP contribution in [0.2, 0.25) is 0 Å². The first-order valence-corrected chi connectivity index (χ1v) is 22.2. The van der Waals surface area contributed by atoms with Crippen LogP contribution in [0.25, 0.3) is 5.57 Å². The molecule has 0 fully saturated rings. The summed E-state index contributed by atoms with van der Waals surface area (Å²) in [6.07, 6.45) is 7.02. The van der Waals surface area contributed by atoms with Crippen LogP contribution < -0.4 is 25.4 Å². The van der Waals surface area contributed by atoms with Gasteiger partial charge in [-0.1, -0.05) is 40.5 Å². The number of rotatable bonds is 17. The van der Waals surface area contributed by atoms with Crippen LogP contribution in [0.5, 0.6) is 0 Å². The number of carbonyl (C=O) groups is 2. The van der Waals surface area contributed by atoms with E-state index in [1.165, 1.54) is 0 Å². The highest BCUT2D eigenvalue weighted by molar-refractivity contribution is 6.17. The molecule has 0 saturated carbocycles. The van der Waals surface area contributed by atoms with E-state index < -0.39 is 51.4 Å². The van der Waals surface area contributed by atoms with Crippen LogP contribution in [0.15, 0.2) is 18.2 Å². The first-order valence-electron chi connectivity index (χ1n) is 21.7. The molecule has 0 bridgehead atoms. The van der Waals surface area contributed by atoms with E-state index >= 15 is 13.2 Å². The largest absolute Gasteiger partial charge is 0.478 e. The van der Waals surface area contributed by atoms with Gasteiger partial charge in [-0.15, -0.1) is 11.6 Å².